The van der Waals surface area contributed by atoms with Crippen molar-refractivity contribution in [2.75, 3.05) is 6.61 Å². The zero-order valence-electron chi connectivity index (χ0n) is 23.9. The van der Waals surface area contributed by atoms with Gasteiger partial charge in [0, 0.05) is 24.9 Å². The van der Waals surface area contributed by atoms with Gasteiger partial charge in [-0.25, -0.2) is 9.18 Å². The summed E-state index contributed by atoms with van der Waals surface area (Å²) in [7, 11) is 0. The first-order valence-electron chi connectivity index (χ1n) is 15.3. The summed E-state index contributed by atoms with van der Waals surface area (Å²) in [6, 6.07) is 6.98. The average Bonchev–Trinajstić information content (AvgIpc) is 3.73. The molecule has 40 heavy (non-hydrogen) atoms. The summed E-state index contributed by atoms with van der Waals surface area (Å²) in [6.45, 7) is 6.68. The van der Waals surface area contributed by atoms with E-state index in [1.165, 1.54) is 23.1 Å². The Labute approximate surface area is 239 Å². The number of hydrogen-bond donors (Lipinski definition) is 1. The van der Waals surface area contributed by atoms with Gasteiger partial charge in [-0.1, -0.05) is 62.8 Å². The van der Waals surface area contributed by atoms with E-state index in [9.17, 15) is 14.0 Å². The molecule has 0 heterocycles. The number of ketones is 1. The van der Waals surface area contributed by atoms with Crippen LogP contribution in [0, 0.1) is 53.2 Å². The molecule has 3 fully saturated rings. The van der Waals surface area contributed by atoms with Crippen molar-refractivity contribution in [2.24, 2.45) is 41.4 Å². The Morgan fingerprint density at radius 1 is 1.20 bits per heavy atom. The van der Waals surface area contributed by atoms with Gasteiger partial charge in [-0.3, -0.25) is 4.79 Å². The normalized spacial score (nSPS) is 35.1. The predicted octanol–water partition coefficient (Wildman–Crippen LogP) is 7.88. The molecule has 1 amide bonds. The molecule has 2 unspecified atom stereocenters. The fourth-order valence-corrected chi connectivity index (χ4v) is 8.51. The predicted molar refractivity (Wildman–Crippen MR) is 157 cm³/mol. The molecule has 4 nitrogen and oxygen atoms in total. The largest absolute Gasteiger partial charge is 0.450 e. The summed E-state index contributed by atoms with van der Waals surface area (Å²) in [5, 5.41) is 3.08. The quantitative estimate of drug-likeness (QED) is 0.396. The maximum atomic E-state index is 13.9. The molecule has 8 atom stereocenters. The van der Waals surface area contributed by atoms with Gasteiger partial charge >= 0.3 is 6.09 Å². The number of allylic oxidation sites excluding steroid dienone is 8. The number of hydrogen-bond acceptors (Lipinski definition) is 3. The van der Waals surface area contributed by atoms with Crippen LogP contribution in [0.25, 0.3) is 5.57 Å². The van der Waals surface area contributed by atoms with Crippen LogP contribution < -0.4 is 5.32 Å². The number of carbonyl (C=O) groups is 2. The second kappa shape index (κ2) is 11.1. The summed E-state index contributed by atoms with van der Waals surface area (Å²) in [5.41, 5.74) is 4.42. The van der Waals surface area contributed by atoms with E-state index in [0.717, 1.165) is 49.7 Å². The highest BCUT2D eigenvalue weighted by molar-refractivity contribution is 6.08. The van der Waals surface area contributed by atoms with Crippen LogP contribution in [-0.2, 0) is 9.53 Å². The molecule has 3 saturated carbocycles. The molecular formula is C35H43FNO3. The molecule has 0 aromatic heterocycles. The van der Waals surface area contributed by atoms with Gasteiger partial charge in [0.25, 0.3) is 0 Å². The first-order chi connectivity index (χ1) is 19.4. The number of amides is 1. The molecule has 1 N–H and O–H groups in total. The van der Waals surface area contributed by atoms with E-state index in [2.05, 4.69) is 49.5 Å². The Morgan fingerprint density at radius 2 is 2.05 bits per heavy atom. The topological polar surface area (TPSA) is 55.4 Å². The standard InChI is InChI=1S/C35H41FNO3.H2/c1-4-26-30-19-31(30)34(38)32-18-23-17-25(37-35(39)40-5-2)11-14-28(23)29(33(26)32)13-10-21-9-12-27(20(3)15-21)22-7-6-8-24(36)16-22;/h6-10,12-13,16,19-20,23,25-26,28-29,32-33H,4-5,11,14-15,17-18H2,1-3H3,(H,37,39);1H/b13-10+;/t20?,23-,25-,26-,28?,29+,32-,33-;/m1./s1. The Morgan fingerprint density at radius 3 is 2.80 bits per heavy atom. The third-order valence-corrected chi connectivity index (χ3v) is 10.3. The first kappa shape index (κ1) is 27.2. The van der Waals surface area contributed by atoms with Crippen molar-refractivity contribution in [1.82, 2.24) is 5.32 Å². The molecule has 5 aliphatic rings. The van der Waals surface area contributed by atoms with Crippen molar-refractivity contribution in [1.29, 1.82) is 0 Å². The lowest BCUT2D eigenvalue weighted by molar-refractivity contribution is -0.128. The zero-order chi connectivity index (χ0) is 28.0. The second-order valence-electron chi connectivity index (χ2n) is 12.5. The van der Waals surface area contributed by atoms with Gasteiger partial charge in [0.05, 0.1) is 6.61 Å². The smallest absolute Gasteiger partial charge is 0.407 e. The van der Waals surface area contributed by atoms with Gasteiger partial charge in [-0.05, 0) is 103 Å². The molecule has 6 rings (SSSR count). The fourth-order valence-electron chi connectivity index (χ4n) is 8.51. The van der Waals surface area contributed by atoms with Crippen LogP contribution in [0.4, 0.5) is 9.18 Å². The van der Waals surface area contributed by atoms with Gasteiger partial charge in [-0.2, -0.15) is 0 Å². The summed E-state index contributed by atoms with van der Waals surface area (Å²) in [6.07, 6.45) is 16.7. The van der Waals surface area contributed by atoms with Gasteiger partial charge in [0.2, 0.25) is 0 Å². The van der Waals surface area contributed by atoms with Crippen molar-refractivity contribution >= 4 is 17.4 Å². The number of benzene rings is 1. The van der Waals surface area contributed by atoms with E-state index >= 15 is 0 Å². The van der Waals surface area contributed by atoms with Crippen LogP contribution >= 0.6 is 0 Å². The number of alkyl carbamates (subject to hydrolysis) is 1. The third kappa shape index (κ3) is 5.12. The first-order valence-corrected chi connectivity index (χ1v) is 15.3. The number of nitrogens with one attached hydrogen (secondary N) is 1. The molecule has 5 aliphatic carbocycles. The molecule has 5 heteroatoms. The Bertz CT molecular complexity index is 1300. The lowest BCUT2D eigenvalue weighted by Crippen LogP contribution is -2.52. The van der Waals surface area contributed by atoms with Crippen molar-refractivity contribution < 1.29 is 20.1 Å². The van der Waals surface area contributed by atoms with E-state index in [0.29, 0.717) is 47.9 Å². The van der Waals surface area contributed by atoms with Crippen molar-refractivity contribution in [2.45, 2.75) is 65.3 Å². The molecule has 0 bridgehead atoms. The monoisotopic (exact) mass is 544 g/mol. The highest BCUT2D eigenvalue weighted by atomic mass is 19.1. The summed E-state index contributed by atoms with van der Waals surface area (Å²) in [5.74, 6) is 3.92. The molecule has 1 radical (unpaired) electrons. The van der Waals surface area contributed by atoms with E-state index in [1.807, 2.05) is 13.0 Å². The van der Waals surface area contributed by atoms with Crippen molar-refractivity contribution in [3.05, 3.63) is 83.1 Å². The van der Waals surface area contributed by atoms with E-state index < -0.39 is 0 Å². The highest BCUT2D eigenvalue weighted by Gasteiger charge is 2.58. The number of ether oxygens (including phenoxy) is 1. The Hall–Kier alpha value is -2.95. The highest BCUT2D eigenvalue weighted by Crippen LogP contribution is 2.61. The van der Waals surface area contributed by atoms with Gasteiger partial charge < -0.3 is 10.1 Å². The summed E-state index contributed by atoms with van der Waals surface area (Å²) < 4.78 is 19.0. The number of fused-ring (bicyclic) bond motifs is 3. The average molecular weight is 545 g/mol. The Kier molecular flexibility index (Phi) is 7.58. The number of carbonyl (C=O) groups excluding carboxylic acids is 2. The molecule has 1 aromatic rings. The SMILES string of the molecule is CCOC(=O)N[C@@H]1CCC2[C@H](C1)C[C@H]1C(=O)C3=C[C]3[C@@H](CC)[C@@H]1[C@H]2/C=C/C1=CC=C(c2cccc(F)c2)C(C)C1.[HH]. The van der Waals surface area contributed by atoms with Crippen LogP contribution in [0.15, 0.2) is 65.8 Å². The fraction of sp³-hybridized carbons (Fsp3) is 0.514. The lowest BCUT2D eigenvalue weighted by Gasteiger charge is -2.53. The molecular weight excluding hydrogens is 501 g/mol. The minimum Gasteiger partial charge on any atom is -0.450 e. The van der Waals surface area contributed by atoms with Crippen molar-refractivity contribution in [3.8, 4) is 0 Å². The van der Waals surface area contributed by atoms with E-state index in [4.69, 9.17) is 4.74 Å². The molecule has 0 spiro atoms. The second-order valence-corrected chi connectivity index (χ2v) is 12.5. The zero-order valence-corrected chi connectivity index (χ0v) is 23.9. The molecule has 0 aliphatic heterocycles. The molecule has 1 aromatic carbocycles. The molecule has 213 valence electrons. The van der Waals surface area contributed by atoms with Gasteiger partial charge in [0.1, 0.15) is 5.82 Å². The third-order valence-electron chi connectivity index (χ3n) is 10.3. The minimum atomic E-state index is -0.331. The van der Waals surface area contributed by atoms with Crippen LogP contribution in [0.2, 0.25) is 0 Å². The Balaban J connectivity index is 0.00000337. The van der Waals surface area contributed by atoms with E-state index in [1.54, 1.807) is 12.1 Å². The maximum Gasteiger partial charge on any atom is 0.407 e. The van der Waals surface area contributed by atoms with Gasteiger partial charge in [-0.15, -0.1) is 0 Å². The lowest BCUT2D eigenvalue weighted by atomic mass is 9.51. The maximum absolute atomic E-state index is 13.9. The van der Waals surface area contributed by atoms with Crippen LogP contribution in [0.3, 0.4) is 0 Å². The van der Waals surface area contributed by atoms with Crippen LogP contribution in [-0.4, -0.2) is 24.5 Å². The van der Waals surface area contributed by atoms with E-state index in [-0.39, 0.29) is 25.3 Å². The summed E-state index contributed by atoms with van der Waals surface area (Å²) >= 11 is 0. The minimum absolute atomic E-state index is 0. The number of Topliss-reactive ketones (excluding diaryl/α,β-unsaturated/α-hetero) is 1. The van der Waals surface area contributed by atoms with Crippen LogP contribution in [0.1, 0.15) is 66.3 Å². The van der Waals surface area contributed by atoms with Gasteiger partial charge in [0.15, 0.2) is 5.78 Å². The van der Waals surface area contributed by atoms with Crippen molar-refractivity contribution in [3.63, 3.8) is 0 Å². The number of rotatable bonds is 6. The van der Waals surface area contributed by atoms with Crippen LogP contribution in [0.5, 0.6) is 0 Å². The summed E-state index contributed by atoms with van der Waals surface area (Å²) in [4.78, 5) is 25.7. The number of halogens is 1. The molecule has 0 saturated heterocycles.